The van der Waals surface area contributed by atoms with Crippen LogP contribution in [0.4, 0.5) is 30.7 Å². The van der Waals surface area contributed by atoms with Gasteiger partial charge in [0.05, 0.1) is 5.56 Å². The smallest absolute Gasteiger partial charge is 0.426 e. The molecule has 1 fully saturated rings. The molecule has 0 heterocycles. The van der Waals surface area contributed by atoms with Crippen LogP contribution in [-0.2, 0) is 12.5 Å². The summed E-state index contributed by atoms with van der Waals surface area (Å²) in [5.74, 6) is -4.91. The summed E-state index contributed by atoms with van der Waals surface area (Å²) in [6.07, 6.45) is 1.02. The fourth-order valence-corrected chi connectivity index (χ4v) is 4.48. The van der Waals surface area contributed by atoms with Gasteiger partial charge in [-0.2, -0.15) is 17.6 Å². The maximum atomic E-state index is 14.8. The molecule has 0 aliphatic heterocycles. The fraction of sp³-hybridized carbons (Fsp3) is 0.520. The van der Waals surface area contributed by atoms with Crippen LogP contribution >= 0.6 is 0 Å². The van der Waals surface area contributed by atoms with Crippen molar-refractivity contribution < 1.29 is 40.2 Å². The van der Waals surface area contributed by atoms with E-state index in [2.05, 4.69) is 16.4 Å². The van der Waals surface area contributed by atoms with Crippen molar-refractivity contribution in [1.29, 1.82) is 0 Å². The first-order valence-corrected chi connectivity index (χ1v) is 11.3. The van der Waals surface area contributed by atoms with Gasteiger partial charge in [-0.3, -0.25) is 0 Å². The quantitative estimate of drug-likeness (QED) is 0.312. The molecule has 1 saturated carbocycles. The zero-order valence-electron chi connectivity index (χ0n) is 18.7. The topological polar surface area (TPSA) is 18.5 Å². The van der Waals surface area contributed by atoms with Crippen molar-refractivity contribution in [3.8, 4) is 11.5 Å². The number of halogens is 7. The van der Waals surface area contributed by atoms with Gasteiger partial charge in [0, 0.05) is 18.6 Å². The lowest BCUT2D eigenvalue weighted by Gasteiger charge is -2.30. The molecule has 2 nitrogen and oxygen atoms in total. The van der Waals surface area contributed by atoms with E-state index in [1.165, 1.54) is 12.1 Å². The van der Waals surface area contributed by atoms with Gasteiger partial charge in [-0.05, 0) is 42.4 Å². The Morgan fingerprint density at radius 2 is 1.53 bits per heavy atom. The zero-order chi connectivity index (χ0) is 24.9. The predicted octanol–water partition coefficient (Wildman–Crippen LogP) is 8.18. The summed E-state index contributed by atoms with van der Waals surface area (Å²) < 4.78 is 104. The van der Waals surface area contributed by atoms with Gasteiger partial charge in [0.2, 0.25) is 0 Å². The molecule has 1 atom stereocenters. The number of alkyl halides is 5. The minimum absolute atomic E-state index is 0.0422. The normalized spacial score (nSPS) is 19.8. The van der Waals surface area contributed by atoms with Gasteiger partial charge < -0.3 is 9.47 Å². The molecule has 34 heavy (non-hydrogen) atoms. The average Bonchev–Trinajstić information content (AvgIpc) is 2.77. The number of ether oxygens (including phenoxy) is 2. The van der Waals surface area contributed by atoms with Crippen LogP contribution in [0.2, 0.25) is 0 Å². The Kier molecular flexibility index (Phi) is 8.71. The molecule has 9 heteroatoms. The Bertz CT molecular complexity index is 902. The molecule has 1 aliphatic carbocycles. The monoisotopic (exact) mass is 492 g/mol. The SMILES string of the molecule is CCCC1CCC(C(F)Cc2ccc(C(F)(F)Oc3cc(F)c(OC(F)F)c(F)c3)cc2)CC1. The molecule has 0 spiro atoms. The van der Waals surface area contributed by atoms with Gasteiger partial charge in [0.15, 0.2) is 17.4 Å². The largest absolute Gasteiger partial charge is 0.429 e. The average molecular weight is 492 g/mol. The van der Waals surface area contributed by atoms with Gasteiger partial charge in [0.1, 0.15) is 11.9 Å². The summed E-state index contributed by atoms with van der Waals surface area (Å²) in [6.45, 7) is -1.35. The molecule has 0 N–H and O–H groups in total. The molecule has 0 radical (unpaired) electrons. The summed E-state index contributed by atoms with van der Waals surface area (Å²) >= 11 is 0. The first kappa shape index (κ1) is 26.2. The van der Waals surface area contributed by atoms with E-state index in [4.69, 9.17) is 0 Å². The van der Waals surface area contributed by atoms with Crippen molar-refractivity contribution in [2.45, 2.75) is 70.8 Å². The Morgan fingerprint density at radius 3 is 2.06 bits per heavy atom. The predicted molar refractivity (Wildman–Crippen MR) is 113 cm³/mol. The van der Waals surface area contributed by atoms with Crippen LogP contribution in [0, 0.1) is 23.5 Å². The third-order valence-corrected chi connectivity index (χ3v) is 6.25. The highest BCUT2D eigenvalue weighted by molar-refractivity contribution is 5.36. The van der Waals surface area contributed by atoms with E-state index < -0.39 is 47.6 Å². The van der Waals surface area contributed by atoms with E-state index in [1.54, 1.807) is 0 Å². The van der Waals surface area contributed by atoms with Crippen LogP contribution in [0.25, 0.3) is 0 Å². The van der Waals surface area contributed by atoms with E-state index >= 15 is 0 Å². The highest BCUT2D eigenvalue weighted by atomic mass is 19.3. The molecule has 2 aromatic rings. The minimum Gasteiger partial charge on any atom is -0.429 e. The number of benzene rings is 2. The summed E-state index contributed by atoms with van der Waals surface area (Å²) in [5.41, 5.74) is -0.0613. The van der Waals surface area contributed by atoms with Crippen LogP contribution < -0.4 is 9.47 Å². The molecule has 3 rings (SSSR count). The summed E-state index contributed by atoms with van der Waals surface area (Å²) in [7, 11) is 0. The minimum atomic E-state index is -3.98. The Hall–Kier alpha value is -2.45. The van der Waals surface area contributed by atoms with Gasteiger partial charge in [0.25, 0.3) is 0 Å². The lowest BCUT2D eigenvalue weighted by Crippen LogP contribution is -2.25. The van der Waals surface area contributed by atoms with Crippen molar-refractivity contribution >= 4 is 0 Å². The van der Waals surface area contributed by atoms with Crippen molar-refractivity contribution in [2.75, 3.05) is 0 Å². The standard InChI is InChI=1S/C25H27F7O2/c1-2-3-15-4-8-17(9-5-15)20(26)12-16-6-10-18(11-7-16)25(31,32)34-19-13-21(27)23(22(28)14-19)33-24(29)30/h6-7,10-11,13-15,17,20,24H,2-5,8-9,12H2,1H3. The van der Waals surface area contributed by atoms with Crippen LogP contribution in [0.15, 0.2) is 36.4 Å². The van der Waals surface area contributed by atoms with E-state index in [0.717, 1.165) is 50.7 Å². The van der Waals surface area contributed by atoms with Crippen molar-refractivity contribution in [3.05, 3.63) is 59.2 Å². The summed E-state index contributed by atoms with van der Waals surface area (Å²) in [6, 6.07) is 5.49. The Balaban J connectivity index is 1.61. The molecular formula is C25H27F7O2. The second-order valence-corrected chi connectivity index (χ2v) is 8.70. The lowest BCUT2D eigenvalue weighted by molar-refractivity contribution is -0.185. The first-order chi connectivity index (χ1) is 16.1. The number of hydrogen-bond donors (Lipinski definition) is 0. The molecule has 1 unspecified atom stereocenters. The molecule has 0 bridgehead atoms. The highest BCUT2D eigenvalue weighted by Gasteiger charge is 2.35. The van der Waals surface area contributed by atoms with Crippen molar-refractivity contribution in [3.63, 3.8) is 0 Å². The number of rotatable bonds is 10. The Labute approximate surface area is 194 Å². The maximum Gasteiger partial charge on any atom is 0.426 e. The number of hydrogen-bond acceptors (Lipinski definition) is 2. The van der Waals surface area contributed by atoms with Gasteiger partial charge in [-0.25, -0.2) is 13.2 Å². The van der Waals surface area contributed by atoms with Gasteiger partial charge in [-0.15, -0.1) is 0 Å². The van der Waals surface area contributed by atoms with E-state index in [0.29, 0.717) is 23.6 Å². The summed E-state index contributed by atoms with van der Waals surface area (Å²) in [5, 5.41) is 0. The van der Waals surface area contributed by atoms with Gasteiger partial charge in [-0.1, -0.05) is 44.7 Å². The van der Waals surface area contributed by atoms with Crippen molar-refractivity contribution in [2.24, 2.45) is 11.8 Å². The second kappa shape index (κ2) is 11.3. The highest BCUT2D eigenvalue weighted by Crippen LogP contribution is 2.37. The maximum absolute atomic E-state index is 14.8. The molecule has 0 aromatic heterocycles. The van der Waals surface area contributed by atoms with Crippen LogP contribution in [0.5, 0.6) is 11.5 Å². The fourth-order valence-electron chi connectivity index (χ4n) is 4.48. The van der Waals surface area contributed by atoms with Crippen LogP contribution in [0.3, 0.4) is 0 Å². The molecule has 2 aromatic carbocycles. The van der Waals surface area contributed by atoms with E-state index in [1.807, 2.05) is 0 Å². The molecule has 188 valence electrons. The van der Waals surface area contributed by atoms with Crippen molar-refractivity contribution in [1.82, 2.24) is 0 Å². The summed E-state index contributed by atoms with van der Waals surface area (Å²) in [4.78, 5) is 0. The molecular weight excluding hydrogens is 465 g/mol. The zero-order valence-corrected chi connectivity index (χ0v) is 18.7. The van der Waals surface area contributed by atoms with Gasteiger partial charge >= 0.3 is 12.7 Å². The third kappa shape index (κ3) is 6.79. The third-order valence-electron chi connectivity index (χ3n) is 6.25. The lowest BCUT2D eigenvalue weighted by atomic mass is 9.77. The second-order valence-electron chi connectivity index (χ2n) is 8.70. The van der Waals surface area contributed by atoms with E-state index in [-0.39, 0.29) is 12.3 Å². The molecule has 1 aliphatic rings. The molecule has 0 amide bonds. The molecule has 0 saturated heterocycles. The van der Waals surface area contributed by atoms with E-state index in [9.17, 15) is 30.7 Å². The Morgan fingerprint density at radius 1 is 0.941 bits per heavy atom. The first-order valence-electron chi connectivity index (χ1n) is 11.3. The van der Waals surface area contributed by atoms with Crippen LogP contribution in [0.1, 0.15) is 56.6 Å². The van der Waals surface area contributed by atoms with Crippen LogP contribution in [-0.4, -0.2) is 12.8 Å².